The SMILES string of the molecule is CC1NC(=O)CN(C=O)C1c1ccccc1. The molecule has 0 aromatic heterocycles. The number of hydrogen-bond acceptors (Lipinski definition) is 2. The van der Waals surface area contributed by atoms with E-state index in [9.17, 15) is 9.59 Å². The lowest BCUT2D eigenvalue weighted by atomic mass is 9.97. The van der Waals surface area contributed by atoms with E-state index in [0.29, 0.717) is 0 Å². The van der Waals surface area contributed by atoms with Crippen LogP contribution in [0, 0.1) is 0 Å². The summed E-state index contributed by atoms with van der Waals surface area (Å²) in [6.07, 6.45) is 0.743. The molecule has 1 heterocycles. The van der Waals surface area contributed by atoms with Crippen LogP contribution in [0.25, 0.3) is 0 Å². The Bertz CT molecular complexity index is 391. The van der Waals surface area contributed by atoms with Crippen LogP contribution in [0.2, 0.25) is 0 Å². The van der Waals surface area contributed by atoms with Crippen molar-refractivity contribution >= 4 is 12.3 Å². The summed E-state index contributed by atoms with van der Waals surface area (Å²) in [4.78, 5) is 23.8. The summed E-state index contributed by atoms with van der Waals surface area (Å²) in [5.41, 5.74) is 1.04. The summed E-state index contributed by atoms with van der Waals surface area (Å²) in [5, 5.41) is 2.85. The minimum atomic E-state index is -0.105. The summed E-state index contributed by atoms with van der Waals surface area (Å²) in [7, 11) is 0. The molecule has 1 aromatic carbocycles. The topological polar surface area (TPSA) is 49.4 Å². The first-order valence-corrected chi connectivity index (χ1v) is 5.27. The van der Waals surface area contributed by atoms with Gasteiger partial charge in [0, 0.05) is 0 Å². The second-order valence-electron chi connectivity index (χ2n) is 3.99. The van der Waals surface area contributed by atoms with Crippen LogP contribution < -0.4 is 5.32 Å². The van der Waals surface area contributed by atoms with E-state index in [1.54, 1.807) is 4.90 Å². The van der Waals surface area contributed by atoms with Crippen LogP contribution in [0.4, 0.5) is 0 Å². The van der Waals surface area contributed by atoms with Gasteiger partial charge in [-0.05, 0) is 12.5 Å². The third-order valence-corrected chi connectivity index (χ3v) is 2.82. The fourth-order valence-electron chi connectivity index (χ4n) is 2.16. The van der Waals surface area contributed by atoms with Gasteiger partial charge >= 0.3 is 0 Å². The van der Waals surface area contributed by atoms with Gasteiger partial charge in [0.05, 0.1) is 18.6 Å². The zero-order valence-electron chi connectivity index (χ0n) is 9.09. The third-order valence-electron chi connectivity index (χ3n) is 2.82. The number of nitrogens with zero attached hydrogens (tertiary/aromatic N) is 1. The zero-order valence-corrected chi connectivity index (χ0v) is 9.09. The minimum absolute atomic E-state index is 0.0613. The standard InChI is InChI=1S/C12H14N2O2/c1-9-12(10-5-3-2-4-6-10)14(8-15)7-11(16)13-9/h2-6,8-9,12H,7H2,1H3,(H,13,16). The average Bonchev–Trinajstić information content (AvgIpc) is 2.29. The van der Waals surface area contributed by atoms with E-state index >= 15 is 0 Å². The van der Waals surface area contributed by atoms with E-state index < -0.39 is 0 Å². The van der Waals surface area contributed by atoms with Crippen molar-refractivity contribution in [3.05, 3.63) is 35.9 Å². The fraction of sp³-hybridized carbons (Fsp3) is 0.333. The molecule has 1 N–H and O–H groups in total. The highest BCUT2D eigenvalue weighted by molar-refractivity contribution is 5.81. The molecule has 2 amide bonds. The molecule has 1 saturated heterocycles. The van der Waals surface area contributed by atoms with Crippen molar-refractivity contribution in [2.24, 2.45) is 0 Å². The first-order valence-electron chi connectivity index (χ1n) is 5.27. The maximum atomic E-state index is 11.3. The van der Waals surface area contributed by atoms with Gasteiger partial charge in [-0.15, -0.1) is 0 Å². The van der Waals surface area contributed by atoms with Gasteiger partial charge in [-0.3, -0.25) is 9.59 Å². The molecule has 0 radical (unpaired) electrons. The Hall–Kier alpha value is -1.84. The quantitative estimate of drug-likeness (QED) is 0.743. The number of piperazine rings is 1. The lowest BCUT2D eigenvalue weighted by Gasteiger charge is -2.37. The van der Waals surface area contributed by atoms with Gasteiger partial charge in [0.25, 0.3) is 0 Å². The van der Waals surface area contributed by atoms with Crippen LogP contribution in [-0.4, -0.2) is 29.8 Å². The molecule has 1 fully saturated rings. The predicted molar refractivity (Wildman–Crippen MR) is 59.6 cm³/mol. The lowest BCUT2D eigenvalue weighted by Crippen LogP contribution is -2.54. The van der Waals surface area contributed by atoms with Gasteiger partial charge in [0.1, 0.15) is 0 Å². The van der Waals surface area contributed by atoms with Crippen LogP contribution in [0.5, 0.6) is 0 Å². The number of hydrogen-bond donors (Lipinski definition) is 1. The highest BCUT2D eigenvalue weighted by Crippen LogP contribution is 2.25. The van der Waals surface area contributed by atoms with Crippen molar-refractivity contribution in [2.45, 2.75) is 19.0 Å². The van der Waals surface area contributed by atoms with E-state index in [1.807, 2.05) is 37.3 Å². The predicted octanol–water partition coefficient (Wildman–Crippen LogP) is 0.704. The molecule has 0 spiro atoms. The van der Waals surface area contributed by atoms with Crippen molar-refractivity contribution in [3.63, 3.8) is 0 Å². The van der Waals surface area contributed by atoms with Crippen LogP contribution in [0.15, 0.2) is 30.3 Å². The highest BCUT2D eigenvalue weighted by atomic mass is 16.2. The first kappa shape index (κ1) is 10.7. The summed E-state index contributed by atoms with van der Waals surface area (Å²) < 4.78 is 0. The highest BCUT2D eigenvalue weighted by Gasteiger charge is 2.32. The van der Waals surface area contributed by atoms with Gasteiger partial charge in [0.15, 0.2) is 0 Å². The maximum absolute atomic E-state index is 11.3. The third kappa shape index (κ3) is 1.91. The summed E-state index contributed by atoms with van der Waals surface area (Å²) >= 11 is 0. The molecule has 4 heteroatoms. The van der Waals surface area contributed by atoms with E-state index in [4.69, 9.17) is 0 Å². The number of benzene rings is 1. The summed E-state index contributed by atoms with van der Waals surface area (Å²) in [6, 6.07) is 9.60. The van der Waals surface area contributed by atoms with Gasteiger partial charge in [-0.1, -0.05) is 30.3 Å². The van der Waals surface area contributed by atoms with Gasteiger partial charge in [-0.25, -0.2) is 0 Å². The Morgan fingerprint density at radius 2 is 2.06 bits per heavy atom. The minimum Gasteiger partial charge on any atom is -0.350 e. The number of carbonyl (C=O) groups excluding carboxylic acids is 2. The molecule has 1 aliphatic rings. The Labute approximate surface area is 94.2 Å². The second kappa shape index (κ2) is 4.35. The molecule has 2 atom stereocenters. The van der Waals surface area contributed by atoms with Crippen molar-refractivity contribution in [1.29, 1.82) is 0 Å². The molecule has 2 unspecified atom stereocenters. The smallest absolute Gasteiger partial charge is 0.239 e. The summed E-state index contributed by atoms with van der Waals surface area (Å²) in [5.74, 6) is -0.105. The number of carbonyl (C=O) groups is 2. The molecule has 84 valence electrons. The molecule has 4 nitrogen and oxygen atoms in total. The Morgan fingerprint density at radius 3 is 2.69 bits per heavy atom. The molecule has 0 saturated carbocycles. The molecule has 1 aromatic rings. The zero-order chi connectivity index (χ0) is 11.5. The van der Waals surface area contributed by atoms with Crippen molar-refractivity contribution < 1.29 is 9.59 Å². The van der Waals surface area contributed by atoms with Gasteiger partial charge in [-0.2, -0.15) is 0 Å². The number of amides is 2. The van der Waals surface area contributed by atoms with Crippen LogP contribution in [0.3, 0.4) is 0 Å². The second-order valence-corrected chi connectivity index (χ2v) is 3.99. The van der Waals surface area contributed by atoms with Crippen molar-refractivity contribution in [2.75, 3.05) is 6.54 Å². The number of nitrogens with one attached hydrogen (secondary N) is 1. The van der Waals surface area contributed by atoms with Crippen LogP contribution in [-0.2, 0) is 9.59 Å². The van der Waals surface area contributed by atoms with Gasteiger partial charge in [0.2, 0.25) is 12.3 Å². The molecular formula is C12H14N2O2. The summed E-state index contributed by atoms with van der Waals surface area (Å²) in [6.45, 7) is 2.04. The molecule has 1 aliphatic heterocycles. The fourth-order valence-corrected chi connectivity index (χ4v) is 2.16. The monoisotopic (exact) mass is 218 g/mol. The largest absolute Gasteiger partial charge is 0.350 e. The van der Waals surface area contributed by atoms with Crippen molar-refractivity contribution in [3.8, 4) is 0 Å². The Morgan fingerprint density at radius 1 is 1.38 bits per heavy atom. The van der Waals surface area contributed by atoms with E-state index in [0.717, 1.165) is 12.0 Å². The van der Waals surface area contributed by atoms with Crippen LogP contribution >= 0.6 is 0 Å². The molecular weight excluding hydrogens is 204 g/mol. The molecule has 0 bridgehead atoms. The molecule has 2 rings (SSSR count). The Kier molecular flexibility index (Phi) is 2.90. The maximum Gasteiger partial charge on any atom is 0.239 e. The van der Waals surface area contributed by atoms with E-state index in [2.05, 4.69) is 5.32 Å². The van der Waals surface area contributed by atoms with Crippen LogP contribution in [0.1, 0.15) is 18.5 Å². The van der Waals surface area contributed by atoms with E-state index in [1.165, 1.54) is 0 Å². The molecule has 0 aliphatic carbocycles. The van der Waals surface area contributed by atoms with Gasteiger partial charge < -0.3 is 10.2 Å². The normalized spacial score (nSPS) is 25.1. The lowest BCUT2D eigenvalue weighted by molar-refractivity contribution is -0.135. The average molecular weight is 218 g/mol. The number of rotatable bonds is 2. The van der Waals surface area contributed by atoms with Crippen molar-refractivity contribution in [1.82, 2.24) is 10.2 Å². The van der Waals surface area contributed by atoms with E-state index in [-0.39, 0.29) is 24.5 Å². The first-order chi connectivity index (χ1) is 7.72. The Balaban J connectivity index is 2.30. The molecule has 16 heavy (non-hydrogen) atoms.